The Labute approximate surface area is 188 Å². The summed E-state index contributed by atoms with van der Waals surface area (Å²) in [4.78, 5) is 30.9. The second-order valence-electron chi connectivity index (χ2n) is 8.16. The fraction of sp³-hybridized carbons (Fsp3) is 0.304. The number of hydrogen-bond donors (Lipinski definition) is 1. The van der Waals surface area contributed by atoms with Crippen LogP contribution in [0.4, 0.5) is 4.39 Å². The molecule has 0 unspecified atom stereocenters. The van der Waals surface area contributed by atoms with Crippen LogP contribution in [0.25, 0.3) is 21.9 Å². The van der Waals surface area contributed by atoms with Crippen molar-refractivity contribution in [1.29, 1.82) is 0 Å². The zero-order chi connectivity index (χ0) is 23.0. The van der Waals surface area contributed by atoms with Crippen molar-refractivity contribution < 1.29 is 9.18 Å². The molecule has 3 aromatic heterocycles. The monoisotopic (exact) mass is 453 g/mol. The molecule has 0 atom stereocenters. The number of aromatic nitrogens is 4. The first kappa shape index (κ1) is 21.9. The molecular weight excluding hydrogens is 429 g/mol. The minimum Gasteiger partial charge on any atom is -0.356 e. The smallest absolute Gasteiger partial charge is 0.268 e. The van der Waals surface area contributed by atoms with E-state index in [1.54, 1.807) is 29.1 Å². The van der Waals surface area contributed by atoms with E-state index in [0.29, 0.717) is 45.8 Å². The third-order valence-electron chi connectivity index (χ3n) is 5.08. The van der Waals surface area contributed by atoms with E-state index < -0.39 is 0 Å². The lowest BCUT2D eigenvalue weighted by atomic mass is 10.1. The van der Waals surface area contributed by atoms with Crippen LogP contribution >= 0.6 is 11.3 Å². The van der Waals surface area contributed by atoms with Crippen molar-refractivity contribution >= 4 is 22.2 Å². The first-order valence-corrected chi connectivity index (χ1v) is 11.2. The molecule has 0 radical (unpaired) electrons. The summed E-state index contributed by atoms with van der Waals surface area (Å²) in [5.74, 6) is -0.120. The Morgan fingerprint density at radius 2 is 1.94 bits per heavy atom. The van der Waals surface area contributed by atoms with E-state index >= 15 is 0 Å². The molecule has 9 heteroatoms. The van der Waals surface area contributed by atoms with Gasteiger partial charge in [0.05, 0.1) is 23.4 Å². The Hall–Kier alpha value is -3.33. The van der Waals surface area contributed by atoms with Crippen LogP contribution in [-0.2, 0) is 11.2 Å². The summed E-state index contributed by atoms with van der Waals surface area (Å²) in [5, 5.41) is 9.28. The molecule has 0 bridgehead atoms. The summed E-state index contributed by atoms with van der Waals surface area (Å²) in [7, 11) is 0. The molecule has 1 amide bonds. The fourth-order valence-electron chi connectivity index (χ4n) is 3.51. The number of rotatable bonds is 6. The molecule has 32 heavy (non-hydrogen) atoms. The number of carbonyl (C=O) groups is 1. The number of amides is 1. The third-order valence-corrected chi connectivity index (χ3v) is 5.96. The second kappa shape index (κ2) is 8.66. The third kappa shape index (κ3) is 4.20. The predicted molar refractivity (Wildman–Crippen MR) is 123 cm³/mol. The van der Waals surface area contributed by atoms with Gasteiger partial charge >= 0.3 is 0 Å². The molecule has 0 aliphatic carbocycles. The maximum absolute atomic E-state index is 13.5. The number of nitrogens with one attached hydrogen (secondary N) is 1. The predicted octanol–water partition coefficient (Wildman–Crippen LogP) is 3.68. The van der Waals surface area contributed by atoms with E-state index in [9.17, 15) is 14.0 Å². The van der Waals surface area contributed by atoms with E-state index in [0.717, 1.165) is 5.69 Å². The van der Waals surface area contributed by atoms with Gasteiger partial charge in [0.25, 0.3) is 5.56 Å². The van der Waals surface area contributed by atoms with Crippen molar-refractivity contribution in [2.24, 2.45) is 5.92 Å². The summed E-state index contributed by atoms with van der Waals surface area (Å²) in [6.07, 6.45) is 0.0971. The summed E-state index contributed by atoms with van der Waals surface area (Å²) in [5.41, 5.74) is 3.26. The second-order valence-corrected chi connectivity index (χ2v) is 8.99. The van der Waals surface area contributed by atoms with Crippen molar-refractivity contribution in [2.75, 3.05) is 6.54 Å². The fourth-order valence-corrected chi connectivity index (χ4v) is 4.43. The van der Waals surface area contributed by atoms with Gasteiger partial charge in [-0.15, -0.1) is 11.3 Å². The van der Waals surface area contributed by atoms with Gasteiger partial charge in [-0.1, -0.05) is 13.8 Å². The molecule has 0 aliphatic rings. The Bertz CT molecular complexity index is 1350. The van der Waals surface area contributed by atoms with Gasteiger partial charge in [-0.25, -0.2) is 14.1 Å². The molecule has 1 aromatic carbocycles. The van der Waals surface area contributed by atoms with Crippen LogP contribution in [0.15, 0.2) is 40.5 Å². The van der Waals surface area contributed by atoms with Crippen molar-refractivity contribution in [3.63, 3.8) is 0 Å². The molecule has 0 saturated heterocycles. The van der Waals surface area contributed by atoms with Gasteiger partial charge in [-0.3, -0.25) is 14.0 Å². The highest BCUT2D eigenvalue weighted by Gasteiger charge is 2.20. The molecule has 4 rings (SSSR count). The number of thiazole rings is 1. The number of nitrogens with zero attached hydrogens (tertiary/aromatic N) is 4. The van der Waals surface area contributed by atoms with Crippen LogP contribution in [0.1, 0.15) is 30.9 Å². The van der Waals surface area contributed by atoms with Gasteiger partial charge in [0.15, 0.2) is 4.96 Å². The molecule has 7 nitrogen and oxygen atoms in total. The molecule has 4 aromatic rings. The van der Waals surface area contributed by atoms with Crippen LogP contribution in [-0.4, -0.2) is 31.6 Å². The number of hydrogen-bond acceptors (Lipinski definition) is 5. The maximum atomic E-state index is 13.5. The Morgan fingerprint density at radius 1 is 1.22 bits per heavy atom. The lowest BCUT2D eigenvalue weighted by molar-refractivity contribution is -0.120. The van der Waals surface area contributed by atoms with Crippen molar-refractivity contribution in [3.8, 4) is 16.9 Å². The molecule has 3 heterocycles. The van der Waals surface area contributed by atoms with Gasteiger partial charge < -0.3 is 5.32 Å². The van der Waals surface area contributed by atoms with Crippen LogP contribution < -0.4 is 10.9 Å². The van der Waals surface area contributed by atoms with Crippen molar-refractivity contribution in [2.45, 2.75) is 34.1 Å². The quantitative estimate of drug-likeness (QED) is 0.483. The average Bonchev–Trinajstić information content (AvgIpc) is 3.30. The minimum atomic E-state index is -0.329. The van der Waals surface area contributed by atoms with E-state index in [-0.39, 0.29) is 23.7 Å². The maximum Gasteiger partial charge on any atom is 0.268 e. The number of aryl methyl sites for hydroxylation is 2. The normalized spacial score (nSPS) is 11.4. The molecule has 1 N–H and O–H groups in total. The molecule has 0 saturated carbocycles. The molecular formula is C23H24FN5O2S. The summed E-state index contributed by atoms with van der Waals surface area (Å²) in [6, 6.07) is 7.81. The highest BCUT2D eigenvalue weighted by molar-refractivity contribution is 7.15. The van der Waals surface area contributed by atoms with Crippen molar-refractivity contribution in [3.05, 3.63) is 69.0 Å². The van der Waals surface area contributed by atoms with E-state index in [1.165, 1.54) is 27.9 Å². The number of carbonyl (C=O) groups excluding carboxylic acids is 1. The molecule has 0 spiro atoms. The zero-order valence-corrected chi connectivity index (χ0v) is 19.2. The van der Waals surface area contributed by atoms with Crippen LogP contribution in [0.3, 0.4) is 0 Å². The van der Waals surface area contributed by atoms with Crippen LogP contribution in [0.5, 0.6) is 0 Å². The summed E-state index contributed by atoms with van der Waals surface area (Å²) < 4.78 is 16.5. The lowest BCUT2D eigenvalue weighted by Crippen LogP contribution is -2.30. The Balaban J connectivity index is 1.75. The minimum absolute atomic E-state index is 0.0971. The molecule has 0 aliphatic heterocycles. The zero-order valence-electron chi connectivity index (χ0n) is 18.3. The van der Waals surface area contributed by atoms with Gasteiger partial charge in [0.1, 0.15) is 11.5 Å². The standard InChI is InChI=1S/C23H24FN5O2S/c1-13(2)11-25-20(30)10-18-12-32-23-26-15(4)21(22(31)28(18)23)19-9-14(3)29(27-19)17-7-5-16(24)6-8-17/h5-9,12-13H,10-11H2,1-4H3,(H,25,30). The molecule has 0 fully saturated rings. The largest absolute Gasteiger partial charge is 0.356 e. The number of halogens is 1. The number of fused-ring (bicyclic) bond motifs is 1. The van der Waals surface area contributed by atoms with Gasteiger partial charge in [-0.05, 0) is 50.1 Å². The average molecular weight is 454 g/mol. The van der Waals surface area contributed by atoms with Gasteiger partial charge in [0.2, 0.25) is 5.91 Å². The van der Waals surface area contributed by atoms with Crippen LogP contribution in [0, 0.1) is 25.6 Å². The summed E-state index contributed by atoms with van der Waals surface area (Å²) >= 11 is 1.33. The van der Waals surface area contributed by atoms with Crippen LogP contribution in [0.2, 0.25) is 0 Å². The first-order chi connectivity index (χ1) is 15.2. The van der Waals surface area contributed by atoms with Gasteiger partial charge in [-0.2, -0.15) is 5.10 Å². The van der Waals surface area contributed by atoms with E-state index in [2.05, 4.69) is 15.4 Å². The van der Waals surface area contributed by atoms with E-state index in [1.807, 2.05) is 26.8 Å². The topological polar surface area (TPSA) is 81.3 Å². The highest BCUT2D eigenvalue weighted by Crippen LogP contribution is 2.23. The van der Waals surface area contributed by atoms with E-state index in [4.69, 9.17) is 0 Å². The Kier molecular flexibility index (Phi) is 5.92. The Morgan fingerprint density at radius 3 is 2.62 bits per heavy atom. The SMILES string of the molecule is Cc1nc2scc(CC(=O)NCC(C)C)n2c(=O)c1-c1cc(C)n(-c2ccc(F)cc2)n1. The summed E-state index contributed by atoms with van der Waals surface area (Å²) in [6.45, 7) is 8.28. The number of benzene rings is 1. The first-order valence-electron chi connectivity index (χ1n) is 10.3. The lowest BCUT2D eigenvalue weighted by Gasteiger charge is -2.08. The highest BCUT2D eigenvalue weighted by atomic mass is 32.1. The van der Waals surface area contributed by atoms with Gasteiger partial charge in [0, 0.05) is 23.3 Å². The molecule has 166 valence electrons. The van der Waals surface area contributed by atoms with Crippen molar-refractivity contribution in [1.82, 2.24) is 24.5 Å².